The summed E-state index contributed by atoms with van der Waals surface area (Å²) in [5.41, 5.74) is 0.0121. The second kappa shape index (κ2) is 2.49. The lowest BCUT2D eigenvalue weighted by atomic mass is 9.99. The van der Waals surface area contributed by atoms with Crippen molar-refractivity contribution in [1.29, 1.82) is 0 Å². The lowest BCUT2D eigenvalue weighted by Crippen LogP contribution is -2.26. The van der Waals surface area contributed by atoms with E-state index in [0.29, 0.717) is 6.42 Å². The van der Waals surface area contributed by atoms with E-state index in [0.717, 1.165) is 5.56 Å². The van der Waals surface area contributed by atoms with Crippen molar-refractivity contribution in [3.05, 3.63) is 35.9 Å². The van der Waals surface area contributed by atoms with E-state index < -0.39 is 5.72 Å². The predicted octanol–water partition coefficient (Wildman–Crippen LogP) is 1.84. The molecule has 1 aromatic carbocycles. The van der Waals surface area contributed by atoms with Gasteiger partial charge in [0.05, 0.1) is 5.54 Å². The number of rotatable bonds is 1. The molecule has 2 aliphatic rings. The highest BCUT2D eigenvalue weighted by atomic mass is 16.9. The van der Waals surface area contributed by atoms with E-state index in [9.17, 15) is 4.79 Å². The fourth-order valence-corrected chi connectivity index (χ4v) is 2.41. The third-order valence-corrected chi connectivity index (χ3v) is 3.16. The largest absolute Gasteiger partial charge is 0.294 e. The molecule has 2 saturated heterocycles. The number of carbonyl (C=O) groups is 1. The van der Waals surface area contributed by atoms with Crippen molar-refractivity contribution >= 4 is 5.78 Å². The number of ketones is 1. The van der Waals surface area contributed by atoms with Crippen LogP contribution in [0.15, 0.2) is 30.3 Å². The Balaban J connectivity index is 2.06. The number of carbonyl (C=O) groups excluding carboxylic acids is 1. The number of hydroxylamine groups is 2. The van der Waals surface area contributed by atoms with Crippen molar-refractivity contribution in [1.82, 2.24) is 5.06 Å². The van der Waals surface area contributed by atoms with Crippen molar-refractivity contribution in [3.63, 3.8) is 0 Å². The Labute approximate surface area is 88.6 Å². The Morgan fingerprint density at radius 1 is 1.27 bits per heavy atom. The molecule has 3 nitrogen and oxygen atoms in total. The third kappa shape index (κ3) is 0.994. The second-order valence-corrected chi connectivity index (χ2v) is 4.81. The van der Waals surface area contributed by atoms with Gasteiger partial charge in [0.2, 0.25) is 5.72 Å². The molecule has 0 N–H and O–H groups in total. The molecule has 2 unspecified atom stereocenters. The first-order valence-corrected chi connectivity index (χ1v) is 5.16. The van der Waals surface area contributed by atoms with Crippen molar-refractivity contribution < 1.29 is 9.63 Å². The molecule has 0 aliphatic carbocycles. The van der Waals surface area contributed by atoms with Crippen LogP contribution >= 0.6 is 0 Å². The smallest absolute Gasteiger partial charge is 0.249 e. The fraction of sp³-hybridized carbons (Fsp3) is 0.417. The molecule has 78 valence electrons. The lowest BCUT2D eigenvalue weighted by molar-refractivity contribution is -0.125. The van der Waals surface area contributed by atoms with Crippen LogP contribution in [0.2, 0.25) is 0 Å². The topological polar surface area (TPSA) is 32.6 Å². The molecule has 0 spiro atoms. The first-order valence-electron chi connectivity index (χ1n) is 5.16. The highest BCUT2D eigenvalue weighted by Gasteiger charge is 2.73. The van der Waals surface area contributed by atoms with Crippen LogP contribution in [0.25, 0.3) is 0 Å². The Hall–Kier alpha value is -1.19. The number of fused-ring (bicyclic) bond motifs is 1. The van der Waals surface area contributed by atoms with Gasteiger partial charge in [0.15, 0.2) is 5.78 Å². The number of Topliss-reactive ketones (excluding diaryl/α,β-unsaturated/α-hetero) is 1. The van der Waals surface area contributed by atoms with E-state index in [1.807, 2.05) is 49.2 Å². The molecule has 0 amide bonds. The number of hydrogen-bond donors (Lipinski definition) is 0. The molecule has 0 radical (unpaired) electrons. The molecule has 0 saturated carbocycles. The Kier molecular flexibility index (Phi) is 1.50. The molecule has 0 aromatic heterocycles. The van der Waals surface area contributed by atoms with Gasteiger partial charge < -0.3 is 0 Å². The van der Waals surface area contributed by atoms with Gasteiger partial charge in [0, 0.05) is 12.0 Å². The van der Waals surface area contributed by atoms with Crippen molar-refractivity contribution in [2.75, 3.05) is 0 Å². The Morgan fingerprint density at radius 3 is 2.40 bits per heavy atom. The molecule has 2 aliphatic heterocycles. The molecule has 0 bridgehead atoms. The van der Waals surface area contributed by atoms with Crippen LogP contribution in [0.1, 0.15) is 25.8 Å². The van der Waals surface area contributed by atoms with Crippen LogP contribution < -0.4 is 0 Å². The predicted molar refractivity (Wildman–Crippen MR) is 54.7 cm³/mol. The highest BCUT2D eigenvalue weighted by Crippen LogP contribution is 2.57. The molecule has 2 heterocycles. The first-order chi connectivity index (χ1) is 7.07. The summed E-state index contributed by atoms with van der Waals surface area (Å²) in [5.74, 6) is 0.165. The van der Waals surface area contributed by atoms with Crippen molar-refractivity contribution in [2.24, 2.45) is 0 Å². The summed E-state index contributed by atoms with van der Waals surface area (Å²) < 4.78 is 0. The zero-order valence-electron chi connectivity index (χ0n) is 8.86. The molecule has 3 heteroatoms. The summed E-state index contributed by atoms with van der Waals surface area (Å²) in [6.45, 7) is 4.06. The SMILES string of the molecule is CC1(C)CC(=O)C2(c3ccccc3)ON12. The quantitative estimate of drug-likeness (QED) is 0.653. The van der Waals surface area contributed by atoms with Gasteiger partial charge in [-0.05, 0) is 13.8 Å². The van der Waals surface area contributed by atoms with E-state index in [1.165, 1.54) is 0 Å². The van der Waals surface area contributed by atoms with Crippen LogP contribution in [-0.4, -0.2) is 16.4 Å². The third-order valence-electron chi connectivity index (χ3n) is 3.16. The maximum absolute atomic E-state index is 12.0. The molecule has 15 heavy (non-hydrogen) atoms. The molecular formula is C12H13NO2. The summed E-state index contributed by atoms with van der Waals surface area (Å²) in [7, 11) is 0. The summed E-state index contributed by atoms with van der Waals surface area (Å²) in [6.07, 6.45) is 0.557. The van der Waals surface area contributed by atoms with E-state index in [-0.39, 0.29) is 11.3 Å². The van der Waals surface area contributed by atoms with Gasteiger partial charge in [-0.15, -0.1) is 5.06 Å². The van der Waals surface area contributed by atoms with Crippen LogP contribution in [-0.2, 0) is 15.4 Å². The Morgan fingerprint density at radius 2 is 1.93 bits per heavy atom. The van der Waals surface area contributed by atoms with Gasteiger partial charge in [-0.1, -0.05) is 30.3 Å². The van der Waals surface area contributed by atoms with E-state index in [4.69, 9.17) is 4.84 Å². The maximum Gasteiger partial charge on any atom is 0.249 e. The minimum absolute atomic E-state index is 0.165. The fourth-order valence-electron chi connectivity index (χ4n) is 2.41. The van der Waals surface area contributed by atoms with Gasteiger partial charge in [-0.25, -0.2) is 0 Å². The van der Waals surface area contributed by atoms with Crippen LogP contribution in [0.5, 0.6) is 0 Å². The van der Waals surface area contributed by atoms with Gasteiger partial charge in [0.1, 0.15) is 0 Å². The highest BCUT2D eigenvalue weighted by molar-refractivity contribution is 5.93. The van der Waals surface area contributed by atoms with Gasteiger partial charge >= 0.3 is 0 Å². The number of benzene rings is 1. The zero-order chi connectivity index (χ0) is 10.7. The van der Waals surface area contributed by atoms with Gasteiger partial charge in [-0.3, -0.25) is 9.63 Å². The van der Waals surface area contributed by atoms with Crippen LogP contribution in [0.4, 0.5) is 0 Å². The van der Waals surface area contributed by atoms with Crippen LogP contribution in [0, 0.1) is 0 Å². The number of nitrogens with zero attached hydrogens (tertiary/aromatic N) is 1. The molecule has 2 atom stereocenters. The minimum Gasteiger partial charge on any atom is -0.294 e. The summed E-state index contributed by atoms with van der Waals surface area (Å²) >= 11 is 0. The maximum atomic E-state index is 12.0. The summed E-state index contributed by atoms with van der Waals surface area (Å²) in [5, 5.41) is 1.82. The van der Waals surface area contributed by atoms with Crippen LogP contribution in [0.3, 0.4) is 0 Å². The lowest BCUT2D eigenvalue weighted by Gasteiger charge is -2.15. The van der Waals surface area contributed by atoms with Gasteiger partial charge in [-0.2, -0.15) is 0 Å². The zero-order valence-corrected chi connectivity index (χ0v) is 8.86. The minimum atomic E-state index is -0.759. The van der Waals surface area contributed by atoms with E-state index >= 15 is 0 Å². The average Bonchev–Trinajstić information content (AvgIpc) is 2.91. The normalized spacial score (nSPS) is 36.4. The van der Waals surface area contributed by atoms with Gasteiger partial charge in [0.25, 0.3) is 0 Å². The second-order valence-electron chi connectivity index (χ2n) is 4.81. The molecule has 1 aromatic rings. The molecular weight excluding hydrogens is 190 g/mol. The monoisotopic (exact) mass is 203 g/mol. The number of hydrogen-bond acceptors (Lipinski definition) is 3. The van der Waals surface area contributed by atoms with Crippen molar-refractivity contribution in [3.8, 4) is 0 Å². The summed E-state index contributed by atoms with van der Waals surface area (Å²) in [4.78, 5) is 17.5. The Bertz CT molecular complexity index is 427. The molecule has 2 fully saturated rings. The van der Waals surface area contributed by atoms with Crippen molar-refractivity contribution in [2.45, 2.75) is 31.5 Å². The first kappa shape index (κ1) is 9.07. The molecule has 3 rings (SSSR count). The standard InChI is InChI=1S/C12H13NO2/c1-11(2)8-10(14)12(13(11)15-12)9-6-4-3-5-7-9/h3-7H,8H2,1-2H3. The van der Waals surface area contributed by atoms with E-state index in [1.54, 1.807) is 0 Å². The average molecular weight is 203 g/mol. The van der Waals surface area contributed by atoms with E-state index in [2.05, 4.69) is 0 Å². The summed E-state index contributed by atoms with van der Waals surface area (Å²) in [6, 6.07) is 9.70.